The molecule has 0 amide bonds. The van der Waals surface area contributed by atoms with Crippen LogP contribution in [-0.2, 0) is 0 Å². The first-order valence-electron chi connectivity index (χ1n) is 7.77. The van der Waals surface area contributed by atoms with E-state index in [1.54, 1.807) is 6.92 Å². The number of anilines is 1. The van der Waals surface area contributed by atoms with Gasteiger partial charge in [0.25, 0.3) is 5.56 Å². The molecule has 0 radical (unpaired) electrons. The number of hydrazine groups is 1. The van der Waals surface area contributed by atoms with Crippen molar-refractivity contribution in [1.29, 1.82) is 0 Å². The molecule has 5 nitrogen and oxygen atoms in total. The lowest BCUT2D eigenvalue weighted by molar-refractivity contribution is 0.765. The first-order valence-corrected chi connectivity index (χ1v) is 7.77. The third-order valence-corrected chi connectivity index (χ3v) is 3.67. The van der Waals surface area contributed by atoms with Crippen LogP contribution in [0.4, 0.5) is 5.95 Å². The molecule has 0 saturated heterocycles. The van der Waals surface area contributed by atoms with Crippen molar-refractivity contribution in [2.75, 3.05) is 5.43 Å². The van der Waals surface area contributed by atoms with E-state index in [2.05, 4.69) is 45.1 Å². The summed E-state index contributed by atoms with van der Waals surface area (Å²) in [6.45, 7) is 1.79. The summed E-state index contributed by atoms with van der Waals surface area (Å²) in [7, 11) is 0. The van der Waals surface area contributed by atoms with Gasteiger partial charge in [-0.2, -0.15) is 0 Å². The summed E-state index contributed by atoms with van der Waals surface area (Å²) in [5.41, 5.74) is 10.1. The second kappa shape index (κ2) is 6.96. The average Bonchev–Trinajstić information content (AvgIpc) is 2.54. The smallest absolute Gasteiger partial charge is 0.252 e. The van der Waals surface area contributed by atoms with Crippen LogP contribution in [0.25, 0.3) is 6.08 Å². The molecule has 3 rings (SSSR count). The maximum Gasteiger partial charge on any atom is 0.252 e. The van der Waals surface area contributed by atoms with Gasteiger partial charge in [-0.25, -0.2) is 4.98 Å². The number of aromatic nitrogens is 2. The fourth-order valence-electron chi connectivity index (χ4n) is 2.60. The Labute approximate surface area is 135 Å². The maximum absolute atomic E-state index is 11.5. The van der Waals surface area contributed by atoms with E-state index in [-0.39, 0.29) is 5.56 Å². The van der Waals surface area contributed by atoms with E-state index in [1.165, 1.54) is 17.2 Å². The van der Waals surface area contributed by atoms with Gasteiger partial charge in [0.05, 0.1) is 5.70 Å². The number of aromatic amines is 1. The molecule has 118 valence electrons. The van der Waals surface area contributed by atoms with Gasteiger partial charge < -0.3 is 0 Å². The van der Waals surface area contributed by atoms with Crippen molar-refractivity contribution in [1.82, 2.24) is 15.4 Å². The molecule has 0 fully saturated rings. The summed E-state index contributed by atoms with van der Waals surface area (Å²) in [4.78, 5) is 18.4. The number of hydrogen-bond donors (Lipinski definition) is 3. The van der Waals surface area contributed by atoms with Crippen LogP contribution in [0.2, 0.25) is 0 Å². The van der Waals surface area contributed by atoms with Crippen LogP contribution in [0.15, 0.2) is 58.5 Å². The zero-order chi connectivity index (χ0) is 16.1. The first-order chi connectivity index (χ1) is 11.2. The molecule has 0 atom stereocenters. The van der Waals surface area contributed by atoms with Gasteiger partial charge in [0, 0.05) is 11.8 Å². The van der Waals surface area contributed by atoms with Crippen molar-refractivity contribution in [2.45, 2.75) is 26.2 Å². The zero-order valence-corrected chi connectivity index (χ0v) is 13.1. The Kier molecular flexibility index (Phi) is 4.57. The van der Waals surface area contributed by atoms with E-state index < -0.39 is 0 Å². The largest absolute Gasteiger partial charge is 0.299 e. The maximum atomic E-state index is 11.5. The molecule has 0 spiro atoms. The summed E-state index contributed by atoms with van der Waals surface area (Å²) in [6.07, 6.45) is 7.55. The predicted molar refractivity (Wildman–Crippen MR) is 92.7 cm³/mol. The van der Waals surface area contributed by atoms with Crippen molar-refractivity contribution in [3.63, 3.8) is 0 Å². The fourth-order valence-corrected chi connectivity index (χ4v) is 2.60. The summed E-state index contributed by atoms with van der Waals surface area (Å²) in [5.74, 6) is 0.417. The Morgan fingerprint density at radius 1 is 1.22 bits per heavy atom. The van der Waals surface area contributed by atoms with Gasteiger partial charge in [0.2, 0.25) is 5.95 Å². The molecular formula is C18H20N4O. The van der Waals surface area contributed by atoms with E-state index in [1.807, 2.05) is 18.2 Å². The third-order valence-electron chi connectivity index (χ3n) is 3.67. The van der Waals surface area contributed by atoms with Crippen LogP contribution in [0.3, 0.4) is 0 Å². The summed E-state index contributed by atoms with van der Waals surface area (Å²) in [5, 5.41) is 0. The molecule has 1 aliphatic carbocycles. The van der Waals surface area contributed by atoms with Gasteiger partial charge >= 0.3 is 0 Å². The Morgan fingerprint density at radius 2 is 2.04 bits per heavy atom. The highest BCUT2D eigenvalue weighted by atomic mass is 16.1. The van der Waals surface area contributed by atoms with Crippen LogP contribution in [0, 0.1) is 6.92 Å². The number of benzene rings is 1. The van der Waals surface area contributed by atoms with Crippen LogP contribution in [0.5, 0.6) is 0 Å². The molecule has 0 unspecified atom stereocenters. The Balaban J connectivity index is 1.76. The van der Waals surface area contributed by atoms with E-state index in [0.717, 1.165) is 25.0 Å². The fraction of sp³-hybridized carbons (Fsp3) is 0.222. The molecule has 0 aliphatic heterocycles. The van der Waals surface area contributed by atoms with Crippen molar-refractivity contribution < 1.29 is 0 Å². The molecule has 1 aliphatic rings. The van der Waals surface area contributed by atoms with Gasteiger partial charge in [-0.3, -0.25) is 20.6 Å². The Hall–Kier alpha value is -2.82. The molecule has 1 heterocycles. The van der Waals surface area contributed by atoms with E-state index in [9.17, 15) is 4.79 Å². The quantitative estimate of drug-likeness (QED) is 0.759. The minimum atomic E-state index is -0.167. The lowest BCUT2D eigenvalue weighted by atomic mass is 9.96. The highest BCUT2D eigenvalue weighted by Crippen LogP contribution is 2.24. The van der Waals surface area contributed by atoms with E-state index in [0.29, 0.717) is 11.6 Å². The Bertz CT molecular complexity index is 790. The predicted octanol–water partition coefficient (Wildman–Crippen LogP) is 3.15. The van der Waals surface area contributed by atoms with Crippen LogP contribution >= 0.6 is 0 Å². The molecule has 0 saturated carbocycles. The van der Waals surface area contributed by atoms with Gasteiger partial charge in [0.15, 0.2) is 0 Å². The molecule has 5 heteroatoms. The molecule has 3 N–H and O–H groups in total. The number of nitrogens with one attached hydrogen (secondary N) is 3. The number of H-pyrrole nitrogens is 1. The van der Waals surface area contributed by atoms with Crippen LogP contribution < -0.4 is 16.4 Å². The lowest BCUT2D eigenvalue weighted by Gasteiger charge is -2.19. The highest BCUT2D eigenvalue weighted by molar-refractivity contribution is 5.58. The molecule has 2 aromatic rings. The highest BCUT2D eigenvalue weighted by Gasteiger charge is 2.10. The summed E-state index contributed by atoms with van der Waals surface area (Å²) >= 11 is 0. The molecule has 0 bridgehead atoms. The summed E-state index contributed by atoms with van der Waals surface area (Å²) in [6, 6.07) is 11.7. The van der Waals surface area contributed by atoms with Gasteiger partial charge in [-0.05, 0) is 43.4 Å². The van der Waals surface area contributed by atoms with Crippen molar-refractivity contribution in [3.8, 4) is 0 Å². The number of allylic oxidation sites excluding steroid dienone is 2. The number of aryl methyl sites for hydroxylation is 1. The monoisotopic (exact) mass is 308 g/mol. The molecule has 1 aromatic heterocycles. The minimum absolute atomic E-state index is 0.167. The van der Waals surface area contributed by atoms with Crippen LogP contribution in [0.1, 0.15) is 30.5 Å². The van der Waals surface area contributed by atoms with Crippen molar-refractivity contribution >= 4 is 12.0 Å². The standard InChI is InChI=1S/C18H20N4O/c1-13-11-17(23)20-18(19-13)22-21-16-10-6-5-9-15(16)12-14-7-3-2-4-8-14/h2-4,7-8,10-12,21H,5-6,9H2,1H3,(H2,19,20,22,23). The SMILES string of the molecule is Cc1cc(=O)[nH]c(NNC2=CCCCC2=Cc2ccccc2)n1. The zero-order valence-electron chi connectivity index (χ0n) is 13.1. The van der Waals surface area contributed by atoms with E-state index >= 15 is 0 Å². The molecule has 1 aromatic carbocycles. The third kappa shape index (κ3) is 4.10. The van der Waals surface area contributed by atoms with Crippen LogP contribution in [-0.4, -0.2) is 9.97 Å². The van der Waals surface area contributed by atoms with Crippen molar-refractivity contribution in [2.24, 2.45) is 0 Å². The molecule has 23 heavy (non-hydrogen) atoms. The average molecular weight is 308 g/mol. The minimum Gasteiger partial charge on any atom is -0.299 e. The number of rotatable bonds is 4. The lowest BCUT2D eigenvalue weighted by Crippen LogP contribution is -2.26. The number of nitrogens with zero attached hydrogens (tertiary/aromatic N) is 1. The topological polar surface area (TPSA) is 69.8 Å². The summed E-state index contributed by atoms with van der Waals surface area (Å²) < 4.78 is 0. The normalized spacial score (nSPS) is 16.0. The van der Waals surface area contributed by atoms with Gasteiger partial charge in [-0.1, -0.05) is 36.4 Å². The number of hydrogen-bond acceptors (Lipinski definition) is 4. The second-order valence-electron chi connectivity index (χ2n) is 5.58. The Morgan fingerprint density at radius 3 is 2.83 bits per heavy atom. The first kappa shape index (κ1) is 15.1. The van der Waals surface area contributed by atoms with E-state index in [4.69, 9.17) is 0 Å². The van der Waals surface area contributed by atoms with Gasteiger partial charge in [-0.15, -0.1) is 0 Å². The van der Waals surface area contributed by atoms with Crippen molar-refractivity contribution in [3.05, 3.63) is 75.4 Å². The second-order valence-corrected chi connectivity index (χ2v) is 5.58. The van der Waals surface area contributed by atoms with Gasteiger partial charge in [0.1, 0.15) is 0 Å². The molecular weight excluding hydrogens is 288 g/mol.